The second-order valence-corrected chi connectivity index (χ2v) is 11.2. The first-order valence-corrected chi connectivity index (χ1v) is 13.5. The van der Waals surface area contributed by atoms with Gasteiger partial charge >= 0.3 is 0 Å². The summed E-state index contributed by atoms with van der Waals surface area (Å²) in [7, 11) is -3.96. The molecule has 0 atom stereocenters. The maximum atomic E-state index is 14.4. The molecule has 3 aromatic carbocycles. The summed E-state index contributed by atoms with van der Waals surface area (Å²) in [6, 6.07) is 26.8. The van der Waals surface area contributed by atoms with Crippen molar-refractivity contribution in [2.24, 2.45) is 0 Å². The molecular weight excluding hydrogens is 474 g/mol. The van der Waals surface area contributed by atoms with Crippen LogP contribution in [0.25, 0.3) is 31.9 Å². The highest BCUT2D eigenvalue weighted by Gasteiger charge is 2.31. The average Bonchev–Trinajstić information content (AvgIpc) is 3.22. The Morgan fingerprint density at radius 3 is 2.20 bits per heavy atom. The van der Waals surface area contributed by atoms with Gasteiger partial charge < -0.3 is 0 Å². The van der Waals surface area contributed by atoms with Crippen LogP contribution >= 0.6 is 11.3 Å². The van der Waals surface area contributed by atoms with Crippen LogP contribution in [0.4, 0.5) is 5.00 Å². The lowest BCUT2D eigenvalue weighted by Gasteiger charge is -2.25. The zero-order chi connectivity index (χ0) is 24.0. The van der Waals surface area contributed by atoms with Crippen molar-refractivity contribution < 1.29 is 8.42 Å². The largest absolute Gasteiger partial charge is 0.267 e. The molecule has 7 heteroatoms. The summed E-state index contributed by atoms with van der Waals surface area (Å²) in [5, 5.41) is 3.52. The van der Waals surface area contributed by atoms with Crippen LogP contribution in [0.15, 0.2) is 102 Å². The first-order chi connectivity index (χ1) is 17.0. The van der Waals surface area contributed by atoms with Gasteiger partial charge in [-0.2, -0.15) is 0 Å². The summed E-state index contributed by atoms with van der Waals surface area (Å²) in [6.07, 6.45) is 3.37. The lowest BCUT2D eigenvalue weighted by molar-refractivity contribution is 0.591. The molecule has 0 spiro atoms. The molecule has 0 bridgehead atoms. The van der Waals surface area contributed by atoms with Crippen molar-refractivity contribution in [1.82, 2.24) is 9.97 Å². The molecule has 3 aromatic heterocycles. The third-order valence-corrected chi connectivity index (χ3v) is 9.43. The highest BCUT2D eigenvalue weighted by Crippen LogP contribution is 2.41. The minimum atomic E-state index is -3.96. The number of rotatable bonds is 5. The van der Waals surface area contributed by atoms with Crippen molar-refractivity contribution in [1.29, 1.82) is 0 Å². The Hall–Kier alpha value is -3.81. The number of aryl methyl sites for hydroxylation is 1. The van der Waals surface area contributed by atoms with E-state index in [2.05, 4.69) is 9.97 Å². The number of aromatic nitrogens is 2. The average molecular weight is 496 g/mol. The van der Waals surface area contributed by atoms with Gasteiger partial charge in [0, 0.05) is 27.9 Å². The lowest BCUT2D eigenvalue weighted by atomic mass is 10.1. The summed E-state index contributed by atoms with van der Waals surface area (Å²) in [5.74, 6) is 0. The van der Waals surface area contributed by atoms with E-state index in [1.54, 1.807) is 24.5 Å². The van der Waals surface area contributed by atoms with Crippen LogP contribution in [0, 0.1) is 6.92 Å². The topological polar surface area (TPSA) is 63.2 Å². The molecule has 6 rings (SSSR count). The van der Waals surface area contributed by atoms with Crippen molar-refractivity contribution in [2.45, 2.75) is 18.4 Å². The van der Waals surface area contributed by atoms with Gasteiger partial charge in [0.15, 0.2) is 0 Å². The quantitative estimate of drug-likeness (QED) is 0.267. The standard InChI is InChI=1S/C28H21N3O2S2/c1-19-23-13-2-3-14-24(23)34-28(19)31(18-22-10-4-8-20-11-6-16-29-26(20)22)35(32,33)25-15-5-9-21-12-7-17-30-27(21)25/h2-17H,18H2,1H3. The summed E-state index contributed by atoms with van der Waals surface area (Å²) >= 11 is 1.49. The monoisotopic (exact) mass is 495 g/mol. The zero-order valence-corrected chi connectivity index (χ0v) is 20.6. The normalized spacial score (nSPS) is 11.9. The number of hydrogen-bond acceptors (Lipinski definition) is 5. The molecule has 0 unspecified atom stereocenters. The minimum Gasteiger partial charge on any atom is -0.256 e. The van der Waals surface area contributed by atoms with Crippen molar-refractivity contribution in [3.63, 3.8) is 0 Å². The molecule has 0 saturated carbocycles. The number of thiophene rings is 1. The Labute approximate surface area is 207 Å². The molecule has 0 amide bonds. The predicted octanol–water partition coefficient (Wildman–Crippen LogP) is 6.70. The molecule has 172 valence electrons. The van der Waals surface area contributed by atoms with Gasteiger partial charge in [0.05, 0.1) is 17.6 Å². The van der Waals surface area contributed by atoms with E-state index in [1.165, 1.54) is 15.6 Å². The maximum absolute atomic E-state index is 14.4. The number of para-hydroxylation sites is 2. The van der Waals surface area contributed by atoms with Crippen LogP contribution in [-0.2, 0) is 16.6 Å². The summed E-state index contributed by atoms with van der Waals surface area (Å²) in [4.78, 5) is 9.19. The Balaban J connectivity index is 1.60. The molecule has 3 heterocycles. The second kappa shape index (κ2) is 8.45. The molecule has 0 radical (unpaired) electrons. The zero-order valence-electron chi connectivity index (χ0n) is 18.9. The van der Waals surface area contributed by atoms with Gasteiger partial charge in [-0.15, -0.1) is 11.3 Å². The molecule has 0 aliphatic heterocycles. The molecule has 0 saturated heterocycles. The number of benzene rings is 3. The van der Waals surface area contributed by atoms with Gasteiger partial charge in [-0.05, 0) is 47.7 Å². The number of pyridine rings is 2. The predicted molar refractivity (Wildman–Crippen MR) is 143 cm³/mol. The molecule has 5 nitrogen and oxygen atoms in total. The SMILES string of the molecule is Cc1c(N(Cc2cccc3cccnc23)S(=O)(=O)c2cccc3cccnc23)sc2ccccc12. The molecule has 0 N–H and O–H groups in total. The summed E-state index contributed by atoms with van der Waals surface area (Å²) in [6.45, 7) is 2.15. The summed E-state index contributed by atoms with van der Waals surface area (Å²) < 4.78 is 31.4. The van der Waals surface area contributed by atoms with Gasteiger partial charge in [0.1, 0.15) is 9.90 Å². The Morgan fingerprint density at radius 2 is 1.43 bits per heavy atom. The van der Waals surface area contributed by atoms with Crippen LogP contribution in [0.1, 0.15) is 11.1 Å². The lowest BCUT2D eigenvalue weighted by Crippen LogP contribution is -2.31. The van der Waals surface area contributed by atoms with Crippen molar-refractivity contribution in [3.8, 4) is 0 Å². The fourth-order valence-corrected chi connectivity index (χ4v) is 7.61. The van der Waals surface area contributed by atoms with Crippen LogP contribution in [0.2, 0.25) is 0 Å². The van der Waals surface area contributed by atoms with Crippen molar-refractivity contribution >= 4 is 58.3 Å². The molecule has 0 aliphatic rings. The van der Waals surface area contributed by atoms with Gasteiger partial charge in [-0.25, -0.2) is 8.42 Å². The molecule has 0 fully saturated rings. The van der Waals surface area contributed by atoms with Gasteiger partial charge in [-0.3, -0.25) is 14.3 Å². The van der Waals surface area contributed by atoms with Crippen molar-refractivity contribution in [2.75, 3.05) is 4.31 Å². The fourth-order valence-electron chi connectivity index (χ4n) is 4.52. The molecule has 0 aliphatic carbocycles. The first-order valence-electron chi connectivity index (χ1n) is 11.2. The second-order valence-electron chi connectivity index (χ2n) is 8.36. The van der Waals surface area contributed by atoms with E-state index in [-0.39, 0.29) is 11.4 Å². The number of fused-ring (bicyclic) bond motifs is 3. The number of anilines is 1. The van der Waals surface area contributed by atoms with E-state index in [1.807, 2.05) is 79.7 Å². The van der Waals surface area contributed by atoms with E-state index < -0.39 is 10.0 Å². The molecule has 6 aromatic rings. The van der Waals surface area contributed by atoms with Crippen LogP contribution < -0.4 is 4.31 Å². The van der Waals surface area contributed by atoms with Gasteiger partial charge in [0.2, 0.25) is 0 Å². The van der Waals surface area contributed by atoms with Gasteiger partial charge in [0.25, 0.3) is 10.0 Å². The third-order valence-electron chi connectivity index (χ3n) is 6.24. The van der Waals surface area contributed by atoms with E-state index in [9.17, 15) is 8.42 Å². The molecule has 35 heavy (non-hydrogen) atoms. The van der Waals surface area contributed by atoms with Crippen LogP contribution in [0.5, 0.6) is 0 Å². The van der Waals surface area contributed by atoms with E-state index in [4.69, 9.17) is 0 Å². The fraction of sp³-hybridized carbons (Fsp3) is 0.0714. The Bertz CT molecular complexity index is 1820. The van der Waals surface area contributed by atoms with E-state index in [0.717, 1.165) is 37.5 Å². The number of hydrogen-bond donors (Lipinski definition) is 0. The summed E-state index contributed by atoms with van der Waals surface area (Å²) in [5.41, 5.74) is 3.05. The minimum absolute atomic E-state index is 0.160. The highest BCUT2D eigenvalue weighted by atomic mass is 32.2. The maximum Gasteiger partial charge on any atom is 0.267 e. The van der Waals surface area contributed by atoms with E-state index >= 15 is 0 Å². The smallest absolute Gasteiger partial charge is 0.256 e. The Kier molecular flexibility index (Phi) is 5.24. The molecular formula is C28H21N3O2S2. The van der Waals surface area contributed by atoms with E-state index in [0.29, 0.717) is 10.5 Å². The number of nitrogens with zero attached hydrogens (tertiary/aromatic N) is 3. The van der Waals surface area contributed by atoms with Crippen LogP contribution in [-0.4, -0.2) is 18.4 Å². The first kappa shape index (κ1) is 21.7. The third kappa shape index (κ3) is 3.64. The van der Waals surface area contributed by atoms with Crippen LogP contribution in [0.3, 0.4) is 0 Å². The van der Waals surface area contributed by atoms with Crippen molar-refractivity contribution in [3.05, 3.63) is 108 Å². The highest BCUT2D eigenvalue weighted by molar-refractivity contribution is 7.93. The Morgan fingerprint density at radius 1 is 0.771 bits per heavy atom. The van der Waals surface area contributed by atoms with Gasteiger partial charge in [-0.1, -0.05) is 60.7 Å². The number of sulfonamides is 1.